The summed E-state index contributed by atoms with van der Waals surface area (Å²) in [5, 5.41) is 0. The molecule has 2 heteroatoms. The van der Waals surface area contributed by atoms with Crippen LogP contribution in [0.4, 0.5) is 0 Å². The summed E-state index contributed by atoms with van der Waals surface area (Å²) in [7, 11) is 4.17. The van der Waals surface area contributed by atoms with Gasteiger partial charge in [0.15, 0.2) is 0 Å². The quantitative estimate of drug-likeness (QED) is 0.799. The Morgan fingerprint density at radius 1 is 1.17 bits per heavy atom. The van der Waals surface area contributed by atoms with Crippen LogP contribution in [0.1, 0.15) is 25.0 Å². The van der Waals surface area contributed by atoms with Gasteiger partial charge in [0, 0.05) is 17.8 Å². The summed E-state index contributed by atoms with van der Waals surface area (Å²) < 4.78 is 7.58. The third kappa shape index (κ3) is 3.41. The van der Waals surface area contributed by atoms with Gasteiger partial charge in [-0.25, -0.2) is 0 Å². The Kier molecular flexibility index (Phi) is 4.01. The lowest BCUT2D eigenvalue weighted by Crippen LogP contribution is -2.17. The molecule has 0 bridgehead atoms. The smallest absolute Gasteiger partial charge is 0.0623 e. The van der Waals surface area contributed by atoms with Crippen molar-refractivity contribution in [3.05, 3.63) is 66.0 Å². The van der Waals surface area contributed by atoms with E-state index in [1.165, 1.54) is 5.56 Å². The lowest BCUT2D eigenvalue weighted by molar-refractivity contribution is 0.389. The van der Waals surface area contributed by atoms with Gasteiger partial charge in [-0.3, -0.25) is 4.98 Å². The fourth-order valence-electron chi connectivity index (χ4n) is 2.09. The van der Waals surface area contributed by atoms with E-state index in [4.69, 9.17) is 1.37 Å². The topological polar surface area (TPSA) is 16.1 Å². The number of rotatable bonds is 5. The molecule has 0 aliphatic carbocycles. The zero-order valence-corrected chi connectivity index (χ0v) is 11.0. The fourth-order valence-corrected chi connectivity index (χ4v) is 2.09. The summed E-state index contributed by atoms with van der Waals surface area (Å²) in [6.45, 7) is 1.02. The normalized spacial score (nSPS) is 13.4. The maximum absolute atomic E-state index is 7.58. The predicted octanol–water partition coefficient (Wildman–Crippen LogP) is 3.17. The van der Waals surface area contributed by atoms with Crippen LogP contribution in [0.5, 0.6) is 0 Å². The molecule has 1 heterocycles. The van der Waals surface area contributed by atoms with Gasteiger partial charge in [0.2, 0.25) is 0 Å². The summed E-state index contributed by atoms with van der Waals surface area (Å²) in [5.74, 6) is 0.296. The first-order valence-corrected chi connectivity index (χ1v) is 6.29. The van der Waals surface area contributed by atoms with Crippen LogP contribution in [0.3, 0.4) is 0 Å². The predicted molar refractivity (Wildman–Crippen MR) is 75.7 cm³/mol. The van der Waals surface area contributed by atoms with Crippen molar-refractivity contribution in [1.29, 1.82) is 0 Å². The van der Waals surface area contributed by atoms with Crippen LogP contribution in [0, 0.1) is 0 Å². The van der Waals surface area contributed by atoms with Crippen molar-refractivity contribution in [3.63, 3.8) is 0 Å². The third-order valence-electron chi connectivity index (χ3n) is 3.06. The van der Waals surface area contributed by atoms with Gasteiger partial charge in [0.05, 0.1) is 1.37 Å². The highest BCUT2D eigenvalue weighted by Gasteiger charge is 2.14. The lowest BCUT2D eigenvalue weighted by atomic mass is 9.92. The Morgan fingerprint density at radius 3 is 2.56 bits per heavy atom. The van der Waals surface area contributed by atoms with Gasteiger partial charge in [0.1, 0.15) is 0 Å². The number of aromatic nitrogens is 1. The molecule has 0 saturated heterocycles. The average molecular weight is 241 g/mol. The molecule has 1 unspecified atom stereocenters. The average Bonchev–Trinajstić information content (AvgIpc) is 2.42. The first-order chi connectivity index (χ1) is 9.16. The SMILES string of the molecule is [2H]c1ccc(C(CCN(C)C)c2ccccn2)cc1. The van der Waals surface area contributed by atoms with Crippen molar-refractivity contribution in [2.45, 2.75) is 12.3 Å². The Hall–Kier alpha value is -1.67. The standard InChI is InChI=1S/C16H20N2/c1-18(2)13-11-15(14-8-4-3-5-9-14)16-10-6-7-12-17-16/h3-10,12,15H,11,13H2,1-2H3/i3D. The van der Waals surface area contributed by atoms with Crippen LogP contribution < -0.4 is 0 Å². The van der Waals surface area contributed by atoms with Crippen molar-refractivity contribution < 1.29 is 1.37 Å². The van der Waals surface area contributed by atoms with Crippen LogP contribution in [-0.4, -0.2) is 30.5 Å². The number of hydrogen-bond donors (Lipinski definition) is 0. The summed E-state index contributed by atoms with van der Waals surface area (Å²) in [4.78, 5) is 6.68. The van der Waals surface area contributed by atoms with Crippen molar-refractivity contribution in [3.8, 4) is 0 Å². The second-order valence-corrected chi connectivity index (χ2v) is 4.73. The highest BCUT2D eigenvalue weighted by Crippen LogP contribution is 2.26. The molecule has 1 atom stereocenters. The zero-order valence-electron chi connectivity index (χ0n) is 12.0. The van der Waals surface area contributed by atoms with Gasteiger partial charge in [-0.15, -0.1) is 0 Å². The van der Waals surface area contributed by atoms with E-state index in [9.17, 15) is 0 Å². The van der Waals surface area contributed by atoms with Gasteiger partial charge >= 0.3 is 0 Å². The molecule has 0 amide bonds. The van der Waals surface area contributed by atoms with E-state index in [1.54, 1.807) is 0 Å². The Bertz CT molecular complexity index is 494. The molecular weight excluding hydrogens is 220 g/mol. The summed E-state index contributed by atoms with van der Waals surface area (Å²) in [5.41, 5.74) is 2.33. The van der Waals surface area contributed by atoms with Gasteiger partial charge < -0.3 is 4.90 Å². The lowest BCUT2D eigenvalue weighted by Gasteiger charge is -2.19. The van der Waals surface area contributed by atoms with Crippen LogP contribution >= 0.6 is 0 Å². The molecule has 0 radical (unpaired) electrons. The summed E-state index contributed by atoms with van der Waals surface area (Å²) >= 11 is 0. The number of hydrogen-bond acceptors (Lipinski definition) is 2. The molecule has 1 aromatic carbocycles. The van der Waals surface area contributed by atoms with E-state index in [2.05, 4.69) is 30.0 Å². The van der Waals surface area contributed by atoms with Crippen molar-refractivity contribution in [2.24, 2.45) is 0 Å². The molecule has 1 aromatic heterocycles. The molecule has 2 nitrogen and oxygen atoms in total. The minimum absolute atomic E-state index is 0.296. The van der Waals surface area contributed by atoms with Crippen molar-refractivity contribution in [2.75, 3.05) is 20.6 Å². The molecule has 2 aromatic rings. The molecule has 0 saturated carbocycles. The zero-order chi connectivity index (χ0) is 13.7. The second kappa shape index (κ2) is 6.31. The Morgan fingerprint density at radius 2 is 1.94 bits per heavy atom. The maximum atomic E-state index is 7.58. The molecule has 0 fully saturated rings. The van der Waals surface area contributed by atoms with E-state index in [0.29, 0.717) is 12.0 Å². The van der Waals surface area contributed by atoms with E-state index in [-0.39, 0.29) is 0 Å². The number of nitrogens with zero attached hydrogens (tertiary/aromatic N) is 2. The van der Waals surface area contributed by atoms with E-state index < -0.39 is 0 Å². The van der Waals surface area contributed by atoms with Crippen molar-refractivity contribution in [1.82, 2.24) is 9.88 Å². The van der Waals surface area contributed by atoms with E-state index >= 15 is 0 Å². The fraction of sp³-hybridized carbons (Fsp3) is 0.312. The minimum atomic E-state index is 0.296. The Balaban J connectivity index is 2.26. The molecule has 0 aliphatic heterocycles. The van der Waals surface area contributed by atoms with Crippen molar-refractivity contribution >= 4 is 0 Å². The number of pyridine rings is 1. The molecule has 2 rings (SSSR count). The van der Waals surface area contributed by atoms with Gasteiger partial charge in [-0.05, 0) is 44.8 Å². The highest BCUT2D eigenvalue weighted by atomic mass is 15.0. The second-order valence-electron chi connectivity index (χ2n) is 4.73. The molecule has 0 spiro atoms. The van der Waals surface area contributed by atoms with Crippen LogP contribution in [-0.2, 0) is 0 Å². The largest absolute Gasteiger partial charge is 0.309 e. The molecule has 0 aliphatic rings. The third-order valence-corrected chi connectivity index (χ3v) is 3.06. The van der Waals surface area contributed by atoms with E-state index in [0.717, 1.165) is 18.7 Å². The molecule has 0 N–H and O–H groups in total. The Labute approximate surface area is 111 Å². The van der Waals surface area contributed by atoms with Crippen LogP contribution in [0.15, 0.2) is 54.7 Å². The molecular formula is C16H20N2. The number of benzene rings is 1. The minimum Gasteiger partial charge on any atom is -0.309 e. The van der Waals surface area contributed by atoms with Gasteiger partial charge in [-0.1, -0.05) is 36.4 Å². The van der Waals surface area contributed by atoms with Crippen LogP contribution in [0.2, 0.25) is 0 Å². The summed E-state index contributed by atoms with van der Waals surface area (Å²) in [6.07, 6.45) is 2.87. The first-order valence-electron chi connectivity index (χ1n) is 6.79. The summed E-state index contributed by atoms with van der Waals surface area (Å²) in [6, 6.07) is 14.4. The monoisotopic (exact) mass is 241 g/mol. The van der Waals surface area contributed by atoms with E-state index in [1.807, 2.05) is 42.6 Å². The molecule has 94 valence electrons. The highest BCUT2D eigenvalue weighted by molar-refractivity contribution is 5.28. The first kappa shape index (κ1) is 11.4. The maximum Gasteiger partial charge on any atom is 0.0623 e. The molecule has 18 heavy (non-hydrogen) atoms. The van der Waals surface area contributed by atoms with Crippen LogP contribution in [0.25, 0.3) is 0 Å². The van der Waals surface area contributed by atoms with Gasteiger partial charge in [0.25, 0.3) is 0 Å². The van der Waals surface area contributed by atoms with Gasteiger partial charge in [-0.2, -0.15) is 0 Å².